The number of nitrogens with one attached hydrogen (secondary N) is 1. The number of rotatable bonds is 5. The third-order valence-electron chi connectivity index (χ3n) is 5.41. The lowest BCUT2D eigenvalue weighted by Crippen LogP contribution is -2.18. The largest absolute Gasteiger partial charge is 0.384 e. The highest BCUT2D eigenvalue weighted by molar-refractivity contribution is 6.04. The SMILES string of the molecule is Cc1ccc(NC(=O)c2ccnc(C(C)(C)C#N)c2)cc1-c1ccnc(-c2ccnc(N)c2)n1. The fourth-order valence-corrected chi connectivity index (χ4v) is 3.39. The quantitative estimate of drug-likeness (QED) is 0.457. The number of aryl methyl sites for hydroxylation is 1. The van der Waals surface area contributed by atoms with Crippen molar-refractivity contribution < 1.29 is 4.79 Å². The van der Waals surface area contributed by atoms with Crippen molar-refractivity contribution in [3.05, 3.63) is 83.9 Å². The fraction of sp³-hybridized carbons (Fsp3) is 0.154. The Balaban J connectivity index is 1.63. The van der Waals surface area contributed by atoms with Crippen molar-refractivity contribution in [1.82, 2.24) is 19.9 Å². The predicted octanol–water partition coefficient (Wildman–Crippen LogP) is 4.54. The average molecular weight is 450 g/mol. The monoisotopic (exact) mass is 449 g/mol. The van der Waals surface area contributed by atoms with Crippen molar-refractivity contribution in [2.24, 2.45) is 0 Å². The molecule has 168 valence electrons. The molecular weight excluding hydrogens is 426 g/mol. The fourth-order valence-electron chi connectivity index (χ4n) is 3.39. The number of benzene rings is 1. The van der Waals surface area contributed by atoms with Crippen LogP contribution in [0, 0.1) is 18.3 Å². The highest BCUT2D eigenvalue weighted by Gasteiger charge is 2.22. The van der Waals surface area contributed by atoms with E-state index < -0.39 is 5.41 Å². The average Bonchev–Trinajstić information content (AvgIpc) is 2.85. The van der Waals surface area contributed by atoms with Gasteiger partial charge in [0.1, 0.15) is 5.82 Å². The van der Waals surface area contributed by atoms with Crippen molar-refractivity contribution in [2.45, 2.75) is 26.2 Å². The van der Waals surface area contributed by atoms with Gasteiger partial charge in [0.2, 0.25) is 0 Å². The molecule has 0 atom stereocenters. The Labute approximate surface area is 197 Å². The Morgan fingerprint density at radius 3 is 2.53 bits per heavy atom. The van der Waals surface area contributed by atoms with Crippen LogP contribution in [0.3, 0.4) is 0 Å². The van der Waals surface area contributed by atoms with Gasteiger partial charge in [-0.2, -0.15) is 5.26 Å². The molecule has 0 saturated heterocycles. The smallest absolute Gasteiger partial charge is 0.255 e. The van der Waals surface area contributed by atoms with Gasteiger partial charge in [0.05, 0.1) is 22.9 Å². The van der Waals surface area contributed by atoms with Crippen molar-refractivity contribution in [3.8, 4) is 28.7 Å². The predicted molar refractivity (Wildman–Crippen MR) is 131 cm³/mol. The molecule has 1 aromatic carbocycles. The zero-order valence-electron chi connectivity index (χ0n) is 19.1. The number of carbonyl (C=O) groups excluding carboxylic acids is 1. The van der Waals surface area contributed by atoms with Crippen LogP contribution in [-0.2, 0) is 5.41 Å². The first-order chi connectivity index (χ1) is 16.3. The number of aromatic nitrogens is 4. The van der Waals surface area contributed by atoms with Gasteiger partial charge in [-0.3, -0.25) is 9.78 Å². The van der Waals surface area contributed by atoms with Crippen molar-refractivity contribution >= 4 is 17.4 Å². The second-order valence-corrected chi connectivity index (χ2v) is 8.39. The number of amides is 1. The van der Waals surface area contributed by atoms with Gasteiger partial charge in [-0.15, -0.1) is 0 Å². The molecule has 3 heterocycles. The van der Waals surface area contributed by atoms with Gasteiger partial charge in [0.25, 0.3) is 5.91 Å². The minimum Gasteiger partial charge on any atom is -0.384 e. The first-order valence-corrected chi connectivity index (χ1v) is 10.6. The van der Waals surface area contributed by atoms with Gasteiger partial charge in [0.15, 0.2) is 5.82 Å². The lowest BCUT2D eigenvalue weighted by Gasteiger charge is -2.15. The first-order valence-electron chi connectivity index (χ1n) is 10.6. The van der Waals surface area contributed by atoms with Crippen LogP contribution in [0.2, 0.25) is 0 Å². The minimum atomic E-state index is -0.794. The van der Waals surface area contributed by atoms with Crippen molar-refractivity contribution in [1.29, 1.82) is 5.26 Å². The molecule has 0 aliphatic carbocycles. The maximum atomic E-state index is 12.9. The first kappa shape index (κ1) is 22.6. The Hall–Kier alpha value is -4.64. The minimum absolute atomic E-state index is 0.289. The van der Waals surface area contributed by atoms with E-state index in [2.05, 4.69) is 26.3 Å². The molecule has 0 aliphatic heterocycles. The number of nitriles is 1. The molecule has 3 N–H and O–H groups in total. The third kappa shape index (κ3) is 4.74. The van der Waals surface area contributed by atoms with Crippen LogP contribution < -0.4 is 11.1 Å². The maximum absolute atomic E-state index is 12.9. The molecule has 0 unspecified atom stereocenters. The summed E-state index contributed by atoms with van der Waals surface area (Å²) < 4.78 is 0. The van der Waals surface area contributed by atoms with E-state index in [9.17, 15) is 10.1 Å². The van der Waals surface area contributed by atoms with E-state index in [1.54, 1.807) is 50.5 Å². The zero-order valence-corrected chi connectivity index (χ0v) is 19.1. The Morgan fingerprint density at radius 2 is 1.76 bits per heavy atom. The second-order valence-electron chi connectivity index (χ2n) is 8.39. The summed E-state index contributed by atoms with van der Waals surface area (Å²) in [5, 5.41) is 12.3. The molecule has 0 saturated carbocycles. The van der Waals surface area contributed by atoms with Gasteiger partial charge in [-0.1, -0.05) is 6.07 Å². The van der Waals surface area contributed by atoms with Gasteiger partial charge in [-0.25, -0.2) is 15.0 Å². The lowest BCUT2D eigenvalue weighted by molar-refractivity contribution is 0.102. The standard InChI is InChI=1S/C26H23N7O/c1-16-4-5-19(32-25(34)18-7-9-29-22(12-18)26(2,3)15-27)14-20(16)21-8-11-31-24(33-21)17-6-10-30-23(28)13-17/h4-14H,1-3H3,(H2,28,30)(H,32,34). The number of anilines is 2. The number of nitrogen functional groups attached to an aromatic ring is 1. The van der Waals surface area contributed by atoms with Crippen LogP contribution in [0.25, 0.3) is 22.6 Å². The number of hydrogen-bond acceptors (Lipinski definition) is 7. The van der Waals surface area contributed by atoms with E-state index in [-0.39, 0.29) is 5.91 Å². The molecule has 0 aliphatic rings. The molecule has 3 aromatic heterocycles. The number of nitrogens with zero attached hydrogens (tertiary/aromatic N) is 5. The Bertz CT molecular complexity index is 1420. The molecule has 0 fully saturated rings. The summed E-state index contributed by atoms with van der Waals surface area (Å²) >= 11 is 0. The number of nitrogens with two attached hydrogens (primary N) is 1. The van der Waals surface area contributed by atoms with Crippen LogP contribution in [0.1, 0.15) is 35.5 Å². The number of pyridine rings is 2. The molecule has 1 amide bonds. The maximum Gasteiger partial charge on any atom is 0.255 e. The van der Waals surface area contributed by atoms with E-state index >= 15 is 0 Å². The summed E-state index contributed by atoms with van der Waals surface area (Å²) in [4.78, 5) is 30.2. The molecule has 4 aromatic rings. The van der Waals surface area contributed by atoms with Gasteiger partial charge >= 0.3 is 0 Å². The zero-order chi connectivity index (χ0) is 24.3. The van der Waals surface area contributed by atoms with E-state index in [1.165, 1.54) is 6.20 Å². The summed E-state index contributed by atoms with van der Waals surface area (Å²) in [6.45, 7) is 5.51. The van der Waals surface area contributed by atoms with Gasteiger partial charge in [0, 0.05) is 41.0 Å². The molecule has 4 rings (SSSR count). The van der Waals surface area contributed by atoms with E-state index in [0.717, 1.165) is 22.4 Å². The number of carbonyl (C=O) groups is 1. The molecule has 8 heteroatoms. The molecule has 8 nitrogen and oxygen atoms in total. The molecule has 0 bridgehead atoms. The lowest BCUT2D eigenvalue weighted by atomic mass is 9.90. The van der Waals surface area contributed by atoms with Gasteiger partial charge < -0.3 is 11.1 Å². The normalized spacial score (nSPS) is 11.0. The summed E-state index contributed by atoms with van der Waals surface area (Å²) in [7, 11) is 0. The van der Waals surface area contributed by atoms with Crippen LogP contribution in [0.15, 0.2) is 67.1 Å². The molecule has 0 spiro atoms. The van der Waals surface area contributed by atoms with E-state index in [4.69, 9.17) is 10.7 Å². The highest BCUT2D eigenvalue weighted by Crippen LogP contribution is 2.27. The Morgan fingerprint density at radius 1 is 1.00 bits per heavy atom. The summed E-state index contributed by atoms with van der Waals surface area (Å²) in [5.74, 6) is 0.637. The highest BCUT2D eigenvalue weighted by atomic mass is 16.1. The summed E-state index contributed by atoms with van der Waals surface area (Å²) in [5.41, 5.74) is 9.94. The molecular formula is C26H23N7O. The van der Waals surface area contributed by atoms with Crippen LogP contribution in [-0.4, -0.2) is 25.8 Å². The van der Waals surface area contributed by atoms with Crippen molar-refractivity contribution in [3.63, 3.8) is 0 Å². The Kier molecular flexibility index (Phi) is 6.02. The van der Waals surface area contributed by atoms with E-state index in [0.29, 0.717) is 28.6 Å². The topological polar surface area (TPSA) is 130 Å². The van der Waals surface area contributed by atoms with Crippen LogP contribution in [0.5, 0.6) is 0 Å². The summed E-state index contributed by atoms with van der Waals surface area (Å²) in [6, 6.07) is 16.5. The van der Waals surface area contributed by atoms with Gasteiger partial charge in [-0.05, 0) is 68.8 Å². The van der Waals surface area contributed by atoms with Crippen LogP contribution in [0.4, 0.5) is 11.5 Å². The van der Waals surface area contributed by atoms with Crippen LogP contribution >= 0.6 is 0 Å². The third-order valence-corrected chi connectivity index (χ3v) is 5.41. The van der Waals surface area contributed by atoms with E-state index in [1.807, 2.05) is 31.2 Å². The van der Waals surface area contributed by atoms with Crippen molar-refractivity contribution in [2.75, 3.05) is 11.1 Å². The number of hydrogen-bond donors (Lipinski definition) is 2. The molecule has 34 heavy (non-hydrogen) atoms. The second kappa shape index (κ2) is 9.08. The molecule has 0 radical (unpaired) electrons. The summed E-state index contributed by atoms with van der Waals surface area (Å²) in [6.07, 6.45) is 4.84.